The van der Waals surface area contributed by atoms with Crippen LogP contribution in [0.4, 0.5) is 5.69 Å². The molecule has 2 amide bonds. The second kappa shape index (κ2) is 4.91. The number of primary amides is 1. The van der Waals surface area contributed by atoms with Gasteiger partial charge in [-0.15, -0.1) is 0 Å². The van der Waals surface area contributed by atoms with Crippen molar-refractivity contribution in [3.8, 4) is 0 Å². The molecule has 1 aliphatic carbocycles. The Balaban J connectivity index is 2.06. The second-order valence-corrected chi connectivity index (χ2v) is 5.25. The fourth-order valence-corrected chi connectivity index (χ4v) is 2.29. The fourth-order valence-electron chi connectivity index (χ4n) is 2.29. The van der Waals surface area contributed by atoms with Crippen molar-refractivity contribution < 1.29 is 9.59 Å². The van der Waals surface area contributed by atoms with Gasteiger partial charge in [-0.2, -0.15) is 0 Å². The van der Waals surface area contributed by atoms with Crippen molar-refractivity contribution in [3.63, 3.8) is 0 Å². The largest absolute Gasteiger partial charge is 0.399 e. The molecule has 1 aromatic carbocycles. The number of rotatable bonds is 5. The minimum absolute atomic E-state index is 0.0361. The number of benzene rings is 1. The van der Waals surface area contributed by atoms with Crippen LogP contribution < -0.4 is 16.8 Å². The Hall–Kier alpha value is -2.04. The molecular weight excluding hydrogens is 242 g/mol. The number of nitrogens with two attached hydrogens (primary N) is 2. The molecule has 1 unspecified atom stereocenters. The van der Waals surface area contributed by atoms with Crippen LogP contribution in [0.2, 0.25) is 0 Å². The lowest BCUT2D eigenvalue weighted by molar-refractivity contribution is -0.124. The predicted octanol–water partition coefficient (Wildman–Crippen LogP) is 0.680. The molecule has 0 spiro atoms. The zero-order valence-corrected chi connectivity index (χ0v) is 11.0. The number of hydrogen-bond donors (Lipinski definition) is 3. The summed E-state index contributed by atoms with van der Waals surface area (Å²) in [6.45, 7) is 1.78. The summed E-state index contributed by atoms with van der Waals surface area (Å²) in [6.07, 6.45) is 1.81. The lowest BCUT2D eigenvalue weighted by Gasteiger charge is -2.19. The van der Waals surface area contributed by atoms with Crippen LogP contribution in [0.5, 0.6) is 0 Å². The quantitative estimate of drug-likeness (QED) is 0.680. The molecule has 1 aromatic rings. The molecule has 2 rings (SSSR count). The van der Waals surface area contributed by atoms with Gasteiger partial charge >= 0.3 is 0 Å². The molecule has 0 aromatic heterocycles. The van der Waals surface area contributed by atoms with E-state index in [0.29, 0.717) is 5.69 Å². The van der Waals surface area contributed by atoms with E-state index in [0.717, 1.165) is 18.4 Å². The number of nitrogen functional groups attached to an aromatic ring is 1. The lowest BCUT2D eigenvalue weighted by Crippen LogP contribution is -2.41. The summed E-state index contributed by atoms with van der Waals surface area (Å²) in [5.74, 6) is -0.448. The Bertz CT molecular complexity index is 492. The topological polar surface area (TPSA) is 98.2 Å². The third-order valence-corrected chi connectivity index (χ3v) is 3.53. The summed E-state index contributed by atoms with van der Waals surface area (Å²) < 4.78 is 0. The van der Waals surface area contributed by atoms with Crippen LogP contribution in [0.1, 0.15) is 31.7 Å². The van der Waals surface area contributed by atoms with Crippen LogP contribution in [0, 0.1) is 0 Å². The Labute approximate surface area is 112 Å². The number of carbonyl (C=O) groups excluding carboxylic acids is 2. The number of nitrogens with one attached hydrogen (secondary N) is 1. The fraction of sp³-hybridized carbons (Fsp3) is 0.429. The highest BCUT2D eigenvalue weighted by Gasteiger charge is 2.51. The molecule has 1 atom stereocenters. The van der Waals surface area contributed by atoms with E-state index in [9.17, 15) is 9.59 Å². The Morgan fingerprint density at radius 3 is 2.37 bits per heavy atom. The number of hydrogen-bond acceptors (Lipinski definition) is 3. The van der Waals surface area contributed by atoms with Crippen LogP contribution in [-0.4, -0.2) is 17.9 Å². The van der Waals surface area contributed by atoms with Crippen LogP contribution in [-0.2, 0) is 15.0 Å². The minimum atomic E-state index is -0.445. The van der Waals surface area contributed by atoms with Gasteiger partial charge in [0.25, 0.3) is 0 Å². The Kier molecular flexibility index (Phi) is 3.46. The van der Waals surface area contributed by atoms with Crippen LogP contribution in [0.25, 0.3) is 0 Å². The normalized spacial score (nSPS) is 17.5. The van der Waals surface area contributed by atoms with E-state index in [1.165, 1.54) is 0 Å². The summed E-state index contributed by atoms with van der Waals surface area (Å²) in [4.78, 5) is 23.1. The maximum absolute atomic E-state index is 12.3. The van der Waals surface area contributed by atoms with Crippen LogP contribution in [0.15, 0.2) is 24.3 Å². The van der Waals surface area contributed by atoms with Gasteiger partial charge in [-0.1, -0.05) is 12.1 Å². The molecule has 102 valence electrons. The van der Waals surface area contributed by atoms with E-state index in [4.69, 9.17) is 11.5 Å². The average molecular weight is 261 g/mol. The molecule has 5 nitrogen and oxygen atoms in total. The van der Waals surface area contributed by atoms with E-state index >= 15 is 0 Å². The molecule has 0 aliphatic heterocycles. The van der Waals surface area contributed by atoms with E-state index in [-0.39, 0.29) is 18.4 Å². The minimum Gasteiger partial charge on any atom is -0.399 e. The lowest BCUT2D eigenvalue weighted by atomic mass is 9.94. The third kappa shape index (κ3) is 2.86. The van der Waals surface area contributed by atoms with Gasteiger partial charge in [0.05, 0.1) is 5.41 Å². The van der Waals surface area contributed by atoms with E-state index in [2.05, 4.69) is 5.32 Å². The molecule has 19 heavy (non-hydrogen) atoms. The molecule has 0 heterocycles. The van der Waals surface area contributed by atoms with Crippen molar-refractivity contribution in [1.82, 2.24) is 5.32 Å². The van der Waals surface area contributed by atoms with Crippen molar-refractivity contribution in [1.29, 1.82) is 0 Å². The first-order valence-electron chi connectivity index (χ1n) is 6.39. The summed E-state index contributed by atoms with van der Waals surface area (Å²) >= 11 is 0. The first-order chi connectivity index (χ1) is 8.94. The van der Waals surface area contributed by atoms with Crippen LogP contribution >= 0.6 is 0 Å². The van der Waals surface area contributed by atoms with E-state index in [1.54, 1.807) is 19.1 Å². The maximum Gasteiger partial charge on any atom is 0.230 e. The Morgan fingerprint density at radius 1 is 1.32 bits per heavy atom. The summed E-state index contributed by atoms with van der Waals surface area (Å²) in [5.41, 5.74) is 12.0. The number of carbonyl (C=O) groups is 2. The van der Waals surface area contributed by atoms with Gasteiger partial charge in [0.1, 0.15) is 0 Å². The van der Waals surface area contributed by atoms with Gasteiger partial charge in [-0.05, 0) is 37.5 Å². The van der Waals surface area contributed by atoms with E-state index < -0.39 is 11.3 Å². The van der Waals surface area contributed by atoms with E-state index in [1.807, 2.05) is 12.1 Å². The highest BCUT2D eigenvalue weighted by molar-refractivity contribution is 5.91. The smallest absolute Gasteiger partial charge is 0.230 e. The summed E-state index contributed by atoms with van der Waals surface area (Å²) in [6, 6.07) is 7.14. The predicted molar refractivity (Wildman–Crippen MR) is 73.2 cm³/mol. The standard InChI is InChI=1S/C14H19N3O2/c1-9(8-12(16)18)17-13(19)14(6-7-14)10-2-4-11(15)5-3-10/h2-5,9H,6-8,15H2,1H3,(H2,16,18)(H,17,19). The van der Waals surface area contributed by atoms with Crippen molar-refractivity contribution in [2.75, 3.05) is 5.73 Å². The molecule has 0 saturated heterocycles. The molecule has 5 N–H and O–H groups in total. The molecule has 1 saturated carbocycles. The first kappa shape index (κ1) is 13.4. The zero-order valence-electron chi connectivity index (χ0n) is 11.0. The highest BCUT2D eigenvalue weighted by Crippen LogP contribution is 2.48. The molecule has 1 fully saturated rings. The first-order valence-corrected chi connectivity index (χ1v) is 6.39. The number of anilines is 1. The zero-order chi connectivity index (χ0) is 14.0. The van der Waals surface area contributed by atoms with Gasteiger partial charge in [-0.3, -0.25) is 9.59 Å². The molecule has 5 heteroatoms. The van der Waals surface area contributed by atoms with Gasteiger partial charge in [0.15, 0.2) is 0 Å². The third-order valence-electron chi connectivity index (χ3n) is 3.53. The van der Waals surface area contributed by atoms with Crippen molar-refractivity contribution >= 4 is 17.5 Å². The highest BCUT2D eigenvalue weighted by atomic mass is 16.2. The average Bonchev–Trinajstić information content (AvgIpc) is 3.09. The van der Waals surface area contributed by atoms with Gasteiger partial charge in [0.2, 0.25) is 11.8 Å². The molecular formula is C14H19N3O2. The molecule has 0 radical (unpaired) electrons. The number of amides is 2. The second-order valence-electron chi connectivity index (χ2n) is 5.25. The monoisotopic (exact) mass is 261 g/mol. The SMILES string of the molecule is CC(CC(N)=O)NC(=O)C1(c2ccc(N)cc2)CC1. The van der Waals surface area contributed by atoms with Gasteiger partial charge in [-0.25, -0.2) is 0 Å². The van der Waals surface area contributed by atoms with Gasteiger partial charge in [0, 0.05) is 18.2 Å². The Morgan fingerprint density at radius 2 is 1.89 bits per heavy atom. The van der Waals surface area contributed by atoms with Crippen molar-refractivity contribution in [2.45, 2.75) is 37.6 Å². The molecule has 0 bridgehead atoms. The van der Waals surface area contributed by atoms with Gasteiger partial charge < -0.3 is 16.8 Å². The van der Waals surface area contributed by atoms with Crippen LogP contribution in [0.3, 0.4) is 0 Å². The maximum atomic E-state index is 12.3. The molecule has 1 aliphatic rings. The summed E-state index contributed by atoms with van der Waals surface area (Å²) in [5, 5.41) is 2.86. The van der Waals surface area contributed by atoms with Crippen molar-refractivity contribution in [3.05, 3.63) is 29.8 Å². The van der Waals surface area contributed by atoms with Crippen molar-refractivity contribution in [2.24, 2.45) is 5.73 Å². The summed E-state index contributed by atoms with van der Waals surface area (Å²) in [7, 11) is 0.